The second-order valence-electron chi connectivity index (χ2n) is 3.80. The Labute approximate surface area is 111 Å². The van der Waals surface area contributed by atoms with E-state index >= 15 is 0 Å². The van der Waals surface area contributed by atoms with Crippen molar-refractivity contribution in [3.63, 3.8) is 0 Å². The summed E-state index contributed by atoms with van der Waals surface area (Å²) in [5.41, 5.74) is -2.70. The average Bonchev–Trinajstić information content (AvgIpc) is 2.24. The SMILES string of the molecule is CN(C)P(Cl)c1c(C(F)(F)F)cccc1C(F)(F)F. The number of rotatable bonds is 2. The van der Waals surface area contributed by atoms with Crippen LogP contribution in [-0.2, 0) is 12.4 Å². The molecule has 0 saturated carbocycles. The van der Waals surface area contributed by atoms with E-state index in [1.165, 1.54) is 14.1 Å². The number of alkyl halides is 6. The number of hydrogen-bond acceptors (Lipinski definition) is 1. The third-order valence-electron chi connectivity index (χ3n) is 2.18. The predicted octanol–water partition coefficient (Wildman–Crippen LogP) is 4.46. The van der Waals surface area contributed by atoms with Gasteiger partial charge in [-0.15, -0.1) is 0 Å². The van der Waals surface area contributed by atoms with E-state index in [0.717, 1.165) is 10.7 Å². The highest BCUT2D eigenvalue weighted by atomic mass is 35.7. The van der Waals surface area contributed by atoms with Gasteiger partial charge in [0.15, 0.2) is 0 Å². The van der Waals surface area contributed by atoms with E-state index in [2.05, 4.69) is 0 Å². The highest BCUT2D eigenvalue weighted by molar-refractivity contribution is 7.88. The van der Waals surface area contributed by atoms with Crippen molar-refractivity contribution in [2.24, 2.45) is 0 Å². The van der Waals surface area contributed by atoms with Gasteiger partial charge in [-0.1, -0.05) is 17.3 Å². The summed E-state index contributed by atoms with van der Waals surface area (Å²) >= 11 is 5.75. The summed E-state index contributed by atoms with van der Waals surface area (Å²) in [7, 11) is 0.412. The Kier molecular flexibility index (Phi) is 4.75. The molecule has 0 fully saturated rings. The standard InChI is InChI=1S/C10H9ClF6NP/c1-18(2)19(11)8-6(9(12,13)14)4-3-5-7(8)10(15,16)17/h3-5H,1-2H3. The minimum atomic E-state index is -4.89. The molecule has 1 aromatic rings. The van der Waals surface area contributed by atoms with Crippen LogP contribution < -0.4 is 5.30 Å². The summed E-state index contributed by atoms with van der Waals surface area (Å²) in [6.07, 6.45) is -9.77. The van der Waals surface area contributed by atoms with E-state index in [0.29, 0.717) is 12.1 Å². The zero-order valence-electron chi connectivity index (χ0n) is 9.77. The molecule has 108 valence electrons. The molecule has 0 aromatic heterocycles. The van der Waals surface area contributed by atoms with Crippen molar-refractivity contribution in [2.75, 3.05) is 14.1 Å². The Hall–Kier alpha value is -0.520. The molecule has 1 rings (SSSR count). The van der Waals surface area contributed by atoms with Crippen LogP contribution in [0.25, 0.3) is 0 Å². The molecule has 19 heavy (non-hydrogen) atoms. The van der Waals surface area contributed by atoms with Crippen molar-refractivity contribution in [1.29, 1.82) is 0 Å². The monoisotopic (exact) mass is 323 g/mol. The van der Waals surface area contributed by atoms with E-state index in [9.17, 15) is 26.3 Å². The molecule has 1 unspecified atom stereocenters. The molecule has 0 bridgehead atoms. The van der Waals surface area contributed by atoms with Crippen LogP contribution >= 0.6 is 18.7 Å². The summed E-state index contributed by atoms with van der Waals surface area (Å²) in [4.78, 5) is 0. The summed E-state index contributed by atoms with van der Waals surface area (Å²) < 4.78 is 78.0. The highest BCUT2D eigenvalue weighted by Crippen LogP contribution is 2.49. The molecule has 0 heterocycles. The first kappa shape index (κ1) is 16.5. The van der Waals surface area contributed by atoms with E-state index < -0.39 is 36.2 Å². The van der Waals surface area contributed by atoms with Crippen LogP contribution in [0.4, 0.5) is 26.3 Å². The predicted molar refractivity (Wildman–Crippen MR) is 62.5 cm³/mol. The Morgan fingerprint density at radius 1 is 0.947 bits per heavy atom. The lowest BCUT2D eigenvalue weighted by atomic mass is 10.1. The van der Waals surface area contributed by atoms with Crippen LogP contribution in [-0.4, -0.2) is 18.8 Å². The third-order valence-corrected chi connectivity index (χ3v) is 5.15. The molecular formula is C10H9ClF6NP. The first-order valence-electron chi connectivity index (χ1n) is 4.86. The molecule has 0 amide bonds. The van der Waals surface area contributed by atoms with Crippen LogP contribution in [0.3, 0.4) is 0 Å². The van der Waals surface area contributed by atoms with Crippen molar-refractivity contribution < 1.29 is 26.3 Å². The molecule has 0 spiro atoms. The molecule has 0 aliphatic rings. The van der Waals surface area contributed by atoms with Crippen LogP contribution in [0.1, 0.15) is 11.1 Å². The summed E-state index contributed by atoms with van der Waals surface area (Å²) in [6, 6.07) is 1.93. The molecule has 1 aromatic carbocycles. The zero-order chi connectivity index (χ0) is 15.0. The smallest absolute Gasteiger partial charge is 0.272 e. The fourth-order valence-corrected chi connectivity index (χ4v) is 3.15. The number of halogens is 7. The van der Waals surface area contributed by atoms with Crippen LogP contribution in [0.5, 0.6) is 0 Å². The van der Waals surface area contributed by atoms with Gasteiger partial charge in [0.2, 0.25) is 0 Å². The third kappa shape index (κ3) is 3.74. The first-order chi connectivity index (χ1) is 8.46. The maximum Gasteiger partial charge on any atom is 0.417 e. The zero-order valence-corrected chi connectivity index (χ0v) is 11.4. The molecule has 0 saturated heterocycles. The summed E-state index contributed by atoms with van der Waals surface area (Å²) in [5, 5.41) is -0.913. The maximum atomic E-state index is 12.8. The van der Waals surface area contributed by atoms with Gasteiger partial charge >= 0.3 is 12.4 Å². The molecule has 0 aliphatic heterocycles. The minimum absolute atomic E-state index is 0.603. The molecule has 1 nitrogen and oxygen atoms in total. The Morgan fingerprint density at radius 3 is 1.58 bits per heavy atom. The van der Waals surface area contributed by atoms with E-state index in [-0.39, 0.29) is 0 Å². The van der Waals surface area contributed by atoms with Crippen molar-refractivity contribution in [1.82, 2.24) is 4.67 Å². The van der Waals surface area contributed by atoms with Gasteiger partial charge in [-0.05, 0) is 26.2 Å². The van der Waals surface area contributed by atoms with E-state index in [1.807, 2.05) is 0 Å². The largest absolute Gasteiger partial charge is 0.417 e. The second-order valence-corrected chi connectivity index (χ2v) is 6.53. The lowest BCUT2D eigenvalue weighted by Crippen LogP contribution is -2.28. The maximum absolute atomic E-state index is 12.8. The lowest BCUT2D eigenvalue weighted by molar-refractivity contribution is -0.141. The van der Waals surface area contributed by atoms with Gasteiger partial charge in [0, 0.05) is 5.30 Å². The van der Waals surface area contributed by atoms with Gasteiger partial charge in [-0.3, -0.25) is 4.67 Å². The van der Waals surface area contributed by atoms with Crippen LogP contribution in [0, 0.1) is 0 Å². The topological polar surface area (TPSA) is 3.24 Å². The Balaban J connectivity index is 3.60. The molecular weight excluding hydrogens is 315 g/mol. The van der Waals surface area contributed by atoms with Crippen molar-refractivity contribution >= 4 is 24.0 Å². The average molecular weight is 324 g/mol. The molecule has 0 radical (unpaired) electrons. The van der Waals surface area contributed by atoms with Gasteiger partial charge in [0.05, 0.1) is 18.6 Å². The van der Waals surface area contributed by atoms with Crippen LogP contribution in [0.2, 0.25) is 0 Å². The molecule has 0 aliphatic carbocycles. The first-order valence-corrected chi connectivity index (χ1v) is 7.06. The minimum Gasteiger partial charge on any atom is -0.272 e. The summed E-state index contributed by atoms with van der Waals surface area (Å²) in [6.45, 7) is 0. The molecule has 0 N–H and O–H groups in total. The number of hydrogen-bond donors (Lipinski definition) is 0. The molecule has 9 heteroatoms. The lowest BCUT2D eigenvalue weighted by Gasteiger charge is -2.25. The number of nitrogens with zero attached hydrogens (tertiary/aromatic N) is 1. The second kappa shape index (κ2) is 5.46. The van der Waals surface area contributed by atoms with Gasteiger partial charge < -0.3 is 0 Å². The fourth-order valence-electron chi connectivity index (χ4n) is 1.40. The summed E-state index contributed by atoms with van der Waals surface area (Å²) in [5.74, 6) is 0. The van der Waals surface area contributed by atoms with E-state index in [4.69, 9.17) is 11.2 Å². The molecule has 1 atom stereocenters. The van der Waals surface area contributed by atoms with E-state index in [1.54, 1.807) is 0 Å². The Bertz CT molecular complexity index is 424. The van der Waals surface area contributed by atoms with Gasteiger partial charge in [0.25, 0.3) is 0 Å². The number of benzene rings is 1. The fraction of sp³-hybridized carbons (Fsp3) is 0.400. The van der Waals surface area contributed by atoms with Crippen molar-refractivity contribution in [3.8, 4) is 0 Å². The normalized spacial score (nSPS) is 14.8. The van der Waals surface area contributed by atoms with Crippen molar-refractivity contribution in [3.05, 3.63) is 29.3 Å². The quantitative estimate of drug-likeness (QED) is 0.573. The van der Waals surface area contributed by atoms with Gasteiger partial charge in [-0.25, -0.2) is 0 Å². The van der Waals surface area contributed by atoms with Crippen LogP contribution in [0.15, 0.2) is 18.2 Å². The van der Waals surface area contributed by atoms with Crippen molar-refractivity contribution in [2.45, 2.75) is 12.4 Å². The van der Waals surface area contributed by atoms with Gasteiger partial charge in [-0.2, -0.15) is 26.3 Å². The highest BCUT2D eigenvalue weighted by Gasteiger charge is 2.43. The Morgan fingerprint density at radius 2 is 1.32 bits per heavy atom. The van der Waals surface area contributed by atoms with Gasteiger partial charge in [0.1, 0.15) is 0 Å².